The number of thiol groups is 1. The molecule has 0 amide bonds. The maximum absolute atomic E-state index is 12.0. The highest BCUT2D eigenvalue weighted by atomic mass is 32.2. The average molecular weight is 292 g/mol. The second kappa shape index (κ2) is 11.9. The van der Waals surface area contributed by atoms with Crippen molar-refractivity contribution >= 4 is 36.1 Å². The maximum Gasteiger partial charge on any atom is 0.303 e. The predicted octanol–water partition coefficient (Wildman–Crippen LogP) is 3.28. The van der Waals surface area contributed by atoms with E-state index in [1.165, 1.54) is 0 Å². The quantitative estimate of drug-likeness (QED) is 0.428. The number of carbonyl (C=O) groups is 2. The molecule has 0 bridgehead atoms. The molecule has 3 nitrogen and oxygen atoms in total. The van der Waals surface area contributed by atoms with Gasteiger partial charge in [0.05, 0.1) is 0 Å². The van der Waals surface area contributed by atoms with Crippen LogP contribution in [0.4, 0.5) is 0 Å². The molecule has 1 N–H and O–H groups in total. The van der Waals surface area contributed by atoms with E-state index in [4.69, 9.17) is 5.11 Å². The zero-order valence-electron chi connectivity index (χ0n) is 11.1. The van der Waals surface area contributed by atoms with Crippen LogP contribution < -0.4 is 0 Å². The Morgan fingerprint density at radius 2 is 1.83 bits per heavy atom. The molecule has 1 atom stereocenters. The topological polar surface area (TPSA) is 54.4 Å². The Hall–Kier alpha value is -0.160. The SMILES string of the molecule is CSCCC(=O)C(CCCS)CCCCC(=O)O. The Morgan fingerprint density at radius 3 is 2.39 bits per heavy atom. The van der Waals surface area contributed by atoms with Crippen LogP contribution >= 0.6 is 24.4 Å². The summed E-state index contributed by atoms with van der Waals surface area (Å²) < 4.78 is 0. The predicted molar refractivity (Wildman–Crippen MR) is 80.7 cm³/mol. The van der Waals surface area contributed by atoms with Crippen LogP contribution in [0, 0.1) is 5.92 Å². The molecule has 106 valence electrons. The molecule has 0 saturated heterocycles. The second-order valence-electron chi connectivity index (χ2n) is 4.41. The van der Waals surface area contributed by atoms with Gasteiger partial charge in [-0.05, 0) is 43.4 Å². The van der Waals surface area contributed by atoms with E-state index in [9.17, 15) is 9.59 Å². The molecule has 0 rings (SSSR count). The van der Waals surface area contributed by atoms with Gasteiger partial charge in [0.1, 0.15) is 5.78 Å². The first-order chi connectivity index (χ1) is 8.61. The summed E-state index contributed by atoms with van der Waals surface area (Å²) in [6.45, 7) is 0. The van der Waals surface area contributed by atoms with Crippen LogP contribution in [0.3, 0.4) is 0 Å². The fourth-order valence-corrected chi connectivity index (χ4v) is 2.47. The molecule has 0 aliphatic heterocycles. The monoisotopic (exact) mass is 292 g/mol. The molecule has 0 aromatic rings. The summed E-state index contributed by atoms with van der Waals surface area (Å²) in [6, 6.07) is 0. The molecular weight excluding hydrogens is 268 g/mol. The van der Waals surface area contributed by atoms with Crippen molar-refractivity contribution < 1.29 is 14.7 Å². The van der Waals surface area contributed by atoms with E-state index in [0.29, 0.717) is 18.6 Å². The van der Waals surface area contributed by atoms with Gasteiger partial charge in [0.25, 0.3) is 0 Å². The van der Waals surface area contributed by atoms with E-state index in [2.05, 4.69) is 12.6 Å². The molecule has 0 spiro atoms. The molecule has 0 saturated carbocycles. The number of hydrogen-bond acceptors (Lipinski definition) is 4. The van der Waals surface area contributed by atoms with Crippen molar-refractivity contribution in [3.05, 3.63) is 0 Å². The fraction of sp³-hybridized carbons (Fsp3) is 0.846. The highest BCUT2D eigenvalue weighted by Gasteiger charge is 2.17. The third kappa shape index (κ3) is 9.83. The van der Waals surface area contributed by atoms with Gasteiger partial charge in [-0.15, -0.1) is 0 Å². The number of Topliss-reactive ketones (excluding diaryl/α,β-unsaturated/α-hetero) is 1. The van der Waals surface area contributed by atoms with Crippen molar-refractivity contribution in [2.45, 2.75) is 44.9 Å². The number of hydrogen-bond donors (Lipinski definition) is 2. The van der Waals surface area contributed by atoms with Gasteiger partial charge in [0.2, 0.25) is 0 Å². The fourth-order valence-electron chi connectivity index (χ4n) is 1.88. The van der Waals surface area contributed by atoms with Gasteiger partial charge < -0.3 is 5.11 Å². The van der Waals surface area contributed by atoms with E-state index in [1.807, 2.05) is 6.26 Å². The van der Waals surface area contributed by atoms with Gasteiger partial charge in [-0.1, -0.05) is 6.42 Å². The van der Waals surface area contributed by atoms with Crippen molar-refractivity contribution in [1.82, 2.24) is 0 Å². The molecule has 0 fully saturated rings. The van der Waals surface area contributed by atoms with Gasteiger partial charge in [-0.25, -0.2) is 0 Å². The molecule has 0 aliphatic rings. The average Bonchev–Trinajstić information content (AvgIpc) is 2.34. The van der Waals surface area contributed by atoms with Gasteiger partial charge in [-0.3, -0.25) is 9.59 Å². The van der Waals surface area contributed by atoms with Gasteiger partial charge in [0.15, 0.2) is 0 Å². The number of ketones is 1. The smallest absolute Gasteiger partial charge is 0.303 e. The Balaban J connectivity index is 3.96. The Labute approximate surface area is 120 Å². The number of carbonyl (C=O) groups excluding carboxylic acids is 1. The number of thioether (sulfide) groups is 1. The second-order valence-corrected chi connectivity index (χ2v) is 5.84. The minimum atomic E-state index is -0.754. The largest absolute Gasteiger partial charge is 0.481 e. The van der Waals surface area contributed by atoms with Crippen LogP contribution in [-0.4, -0.2) is 34.6 Å². The van der Waals surface area contributed by atoms with Crippen LogP contribution in [0.5, 0.6) is 0 Å². The summed E-state index contributed by atoms with van der Waals surface area (Å²) in [5.41, 5.74) is 0. The van der Waals surface area contributed by atoms with Crippen LogP contribution in [0.15, 0.2) is 0 Å². The molecule has 1 unspecified atom stereocenters. The minimum Gasteiger partial charge on any atom is -0.481 e. The molecular formula is C13H24O3S2. The Morgan fingerprint density at radius 1 is 1.17 bits per heavy atom. The van der Waals surface area contributed by atoms with Gasteiger partial charge >= 0.3 is 5.97 Å². The molecule has 0 heterocycles. The highest BCUT2D eigenvalue weighted by molar-refractivity contribution is 7.98. The third-order valence-corrected chi connectivity index (χ3v) is 3.84. The molecule has 0 radical (unpaired) electrons. The van der Waals surface area contributed by atoms with Crippen molar-refractivity contribution in [1.29, 1.82) is 0 Å². The normalized spacial score (nSPS) is 12.3. The lowest BCUT2D eigenvalue weighted by Crippen LogP contribution is -2.16. The van der Waals surface area contributed by atoms with E-state index in [0.717, 1.165) is 37.2 Å². The number of aliphatic carboxylic acids is 1. The van der Waals surface area contributed by atoms with E-state index < -0.39 is 5.97 Å². The van der Waals surface area contributed by atoms with Crippen molar-refractivity contribution in [2.75, 3.05) is 17.8 Å². The first-order valence-corrected chi connectivity index (χ1v) is 8.48. The van der Waals surface area contributed by atoms with E-state index in [-0.39, 0.29) is 12.3 Å². The van der Waals surface area contributed by atoms with Crippen molar-refractivity contribution in [3.8, 4) is 0 Å². The minimum absolute atomic E-state index is 0.109. The number of carboxylic acids is 1. The number of rotatable bonds is 12. The van der Waals surface area contributed by atoms with Crippen LogP contribution in [-0.2, 0) is 9.59 Å². The highest BCUT2D eigenvalue weighted by Crippen LogP contribution is 2.19. The molecule has 18 heavy (non-hydrogen) atoms. The van der Waals surface area contributed by atoms with Crippen molar-refractivity contribution in [3.63, 3.8) is 0 Å². The molecule has 0 aliphatic carbocycles. The lowest BCUT2D eigenvalue weighted by atomic mass is 9.91. The van der Waals surface area contributed by atoms with Gasteiger partial charge in [-0.2, -0.15) is 24.4 Å². The zero-order valence-corrected chi connectivity index (χ0v) is 12.8. The van der Waals surface area contributed by atoms with Crippen LogP contribution in [0.1, 0.15) is 44.9 Å². The summed E-state index contributed by atoms with van der Waals surface area (Å²) in [5, 5.41) is 8.57. The summed E-state index contributed by atoms with van der Waals surface area (Å²) in [6.07, 6.45) is 7.02. The molecule has 5 heteroatoms. The molecule has 0 aromatic heterocycles. The van der Waals surface area contributed by atoms with Crippen molar-refractivity contribution in [2.24, 2.45) is 5.92 Å². The first-order valence-electron chi connectivity index (χ1n) is 6.46. The van der Waals surface area contributed by atoms with E-state index >= 15 is 0 Å². The summed E-state index contributed by atoms with van der Waals surface area (Å²) in [7, 11) is 0. The number of unbranched alkanes of at least 4 members (excludes halogenated alkanes) is 1. The summed E-state index contributed by atoms with van der Waals surface area (Å²) in [4.78, 5) is 22.4. The number of carboxylic acid groups (broad SMARTS) is 1. The van der Waals surface area contributed by atoms with E-state index in [1.54, 1.807) is 11.8 Å². The lowest BCUT2D eigenvalue weighted by molar-refractivity contribution is -0.137. The third-order valence-electron chi connectivity index (χ3n) is 2.91. The van der Waals surface area contributed by atoms with Crippen LogP contribution in [0.2, 0.25) is 0 Å². The Kier molecular flexibility index (Phi) is 11.8. The maximum atomic E-state index is 12.0. The lowest BCUT2D eigenvalue weighted by Gasteiger charge is -2.14. The standard InChI is InChI=1S/C13H24O3S2/c1-18-10-8-12(14)11(6-4-9-17)5-2-3-7-13(15)16/h11,17H,2-10H2,1H3,(H,15,16). The van der Waals surface area contributed by atoms with Gasteiger partial charge in [0, 0.05) is 18.8 Å². The zero-order chi connectivity index (χ0) is 13.8. The Bertz CT molecular complexity index is 244. The first kappa shape index (κ1) is 17.8. The summed E-state index contributed by atoms with van der Waals surface area (Å²) in [5.74, 6) is 1.38. The summed E-state index contributed by atoms with van der Waals surface area (Å²) >= 11 is 5.87. The van der Waals surface area contributed by atoms with Crippen LogP contribution in [0.25, 0.3) is 0 Å². The molecule has 0 aromatic carbocycles.